The van der Waals surface area contributed by atoms with Gasteiger partial charge in [0.2, 0.25) is 5.88 Å². The zero-order valence-corrected chi connectivity index (χ0v) is 12.3. The van der Waals surface area contributed by atoms with Crippen molar-refractivity contribution in [2.75, 3.05) is 0 Å². The van der Waals surface area contributed by atoms with Crippen LogP contribution in [0.2, 0.25) is 0 Å². The summed E-state index contributed by atoms with van der Waals surface area (Å²) < 4.78 is 43.6. The number of rotatable bonds is 3. The number of aromatic carboxylic acids is 1. The molecule has 1 heterocycles. The van der Waals surface area contributed by atoms with Gasteiger partial charge in [-0.25, -0.2) is 9.78 Å². The van der Waals surface area contributed by atoms with Gasteiger partial charge in [-0.1, -0.05) is 0 Å². The van der Waals surface area contributed by atoms with Gasteiger partial charge in [-0.3, -0.25) is 0 Å². The highest BCUT2D eigenvalue weighted by Gasteiger charge is 2.31. The molecule has 0 radical (unpaired) electrons. The first kappa shape index (κ1) is 15.5. The topological polar surface area (TPSA) is 59.4 Å². The molecule has 2 aromatic rings. The smallest absolute Gasteiger partial charge is 0.416 e. The third-order valence-corrected chi connectivity index (χ3v) is 3.12. The number of halogens is 4. The van der Waals surface area contributed by atoms with Crippen LogP contribution in [0.4, 0.5) is 13.2 Å². The number of hydrogen-bond donors (Lipinski definition) is 1. The molecule has 1 N–H and O–H groups in total. The summed E-state index contributed by atoms with van der Waals surface area (Å²) in [5, 5.41) is 9.07. The van der Waals surface area contributed by atoms with Gasteiger partial charge in [-0.05, 0) is 46.9 Å². The first-order valence-corrected chi connectivity index (χ1v) is 6.59. The third kappa shape index (κ3) is 3.84. The summed E-state index contributed by atoms with van der Waals surface area (Å²) in [4.78, 5) is 14.8. The van der Waals surface area contributed by atoms with E-state index in [1.165, 1.54) is 12.1 Å². The SMILES string of the molecule is O=C(O)c1cc(I)ccc1Oc1cc(C(F)(F)F)ccn1. The van der Waals surface area contributed by atoms with Crippen molar-refractivity contribution in [3.8, 4) is 11.6 Å². The minimum atomic E-state index is -4.53. The normalized spacial score (nSPS) is 11.2. The van der Waals surface area contributed by atoms with Gasteiger partial charge >= 0.3 is 12.1 Å². The van der Waals surface area contributed by atoms with E-state index in [4.69, 9.17) is 9.84 Å². The molecule has 0 aliphatic rings. The minimum Gasteiger partial charge on any atom is -0.478 e. The van der Waals surface area contributed by atoms with Gasteiger partial charge in [-0.15, -0.1) is 0 Å². The first-order valence-electron chi connectivity index (χ1n) is 5.51. The second kappa shape index (κ2) is 5.88. The lowest BCUT2D eigenvalue weighted by molar-refractivity contribution is -0.137. The summed E-state index contributed by atoms with van der Waals surface area (Å²) in [5.41, 5.74) is -1.07. The van der Waals surface area contributed by atoms with Gasteiger partial charge < -0.3 is 9.84 Å². The van der Waals surface area contributed by atoms with Crippen molar-refractivity contribution < 1.29 is 27.8 Å². The lowest BCUT2D eigenvalue weighted by atomic mass is 10.2. The van der Waals surface area contributed by atoms with Crippen LogP contribution in [0, 0.1) is 3.57 Å². The Labute approximate surface area is 130 Å². The van der Waals surface area contributed by atoms with Crippen molar-refractivity contribution in [1.29, 1.82) is 0 Å². The van der Waals surface area contributed by atoms with Crippen molar-refractivity contribution in [2.24, 2.45) is 0 Å². The van der Waals surface area contributed by atoms with Crippen LogP contribution in [0.3, 0.4) is 0 Å². The maximum Gasteiger partial charge on any atom is 0.416 e. The number of nitrogens with zero attached hydrogens (tertiary/aromatic N) is 1. The Morgan fingerprint density at radius 2 is 1.95 bits per heavy atom. The molecule has 2 rings (SSSR count). The van der Waals surface area contributed by atoms with Crippen molar-refractivity contribution in [3.63, 3.8) is 0 Å². The molecule has 1 aromatic carbocycles. The molecule has 1 aromatic heterocycles. The number of benzene rings is 1. The molecular formula is C13H7F3INO3. The van der Waals surface area contributed by atoms with E-state index in [2.05, 4.69) is 4.98 Å². The summed E-state index contributed by atoms with van der Waals surface area (Å²) in [6.07, 6.45) is -3.58. The van der Waals surface area contributed by atoms with Crippen molar-refractivity contribution in [1.82, 2.24) is 4.98 Å². The van der Waals surface area contributed by atoms with Crippen LogP contribution in [-0.2, 0) is 6.18 Å². The van der Waals surface area contributed by atoms with Gasteiger partial charge in [0, 0.05) is 15.8 Å². The quantitative estimate of drug-likeness (QED) is 0.773. The van der Waals surface area contributed by atoms with Crippen LogP contribution in [0.1, 0.15) is 15.9 Å². The maximum absolute atomic E-state index is 12.6. The Balaban J connectivity index is 2.37. The predicted octanol–water partition coefficient (Wildman–Crippen LogP) is 4.20. The van der Waals surface area contributed by atoms with Gasteiger partial charge in [0.25, 0.3) is 0 Å². The molecule has 0 aliphatic heterocycles. The van der Waals surface area contributed by atoms with E-state index in [0.717, 1.165) is 12.3 Å². The van der Waals surface area contributed by atoms with Gasteiger partial charge in [-0.2, -0.15) is 13.2 Å². The molecule has 0 bridgehead atoms. The molecule has 0 fully saturated rings. The Hall–Kier alpha value is -1.84. The summed E-state index contributed by atoms with van der Waals surface area (Å²) in [5.74, 6) is -1.64. The van der Waals surface area contributed by atoms with Crippen molar-refractivity contribution in [2.45, 2.75) is 6.18 Å². The summed E-state index contributed by atoms with van der Waals surface area (Å²) in [7, 11) is 0. The molecule has 0 spiro atoms. The third-order valence-electron chi connectivity index (χ3n) is 2.45. The molecule has 8 heteroatoms. The van der Waals surface area contributed by atoms with E-state index < -0.39 is 17.7 Å². The fourth-order valence-corrected chi connectivity index (χ4v) is 2.00. The zero-order valence-electron chi connectivity index (χ0n) is 10.2. The molecule has 110 valence electrons. The summed E-state index contributed by atoms with van der Waals surface area (Å²) in [6.45, 7) is 0. The Bertz CT molecular complexity index is 689. The van der Waals surface area contributed by atoms with Gasteiger partial charge in [0.1, 0.15) is 11.3 Å². The van der Waals surface area contributed by atoms with Crippen LogP contribution in [0.25, 0.3) is 0 Å². The molecule has 0 saturated carbocycles. The standard InChI is InChI=1S/C13H7F3INO3/c14-13(15,16)7-3-4-18-11(5-7)21-10-2-1-8(17)6-9(10)12(19)20/h1-6H,(H,19,20). The number of carboxylic acid groups (broad SMARTS) is 1. The molecule has 0 atom stereocenters. The number of carbonyl (C=O) groups is 1. The van der Waals surface area contributed by atoms with E-state index in [9.17, 15) is 18.0 Å². The van der Waals surface area contributed by atoms with Crippen LogP contribution in [0.15, 0.2) is 36.5 Å². The van der Waals surface area contributed by atoms with E-state index in [0.29, 0.717) is 9.64 Å². The summed E-state index contributed by atoms with van der Waals surface area (Å²) in [6, 6.07) is 5.82. The Kier molecular flexibility index (Phi) is 4.35. The molecule has 0 saturated heterocycles. The van der Waals surface area contributed by atoms with E-state index in [1.54, 1.807) is 6.07 Å². The van der Waals surface area contributed by atoms with E-state index >= 15 is 0 Å². The van der Waals surface area contributed by atoms with E-state index in [1.807, 2.05) is 22.6 Å². The second-order valence-electron chi connectivity index (χ2n) is 3.93. The van der Waals surface area contributed by atoms with Gasteiger partial charge in [0.05, 0.1) is 5.56 Å². The average Bonchev–Trinajstić information content (AvgIpc) is 2.40. The Morgan fingerprint density at radius 1 is 1.24 bits per heavy atom. The largest absolute Gasteiger partial charge is 0.478 e. The number of aromatic nitrogens is 1. The van der Waals surface area contributed by atoms with Crippen molar-refractivity contribution >= 4 is 28.6 Å². The Morgan fingerprint density at radius 3 is 2.57 bits per heavy atom. The molecule has 21 heavy (non-hydrogen) atoms. The maximum atomic E-state index is 12.6. The molecule has 0 aliphatic carbocycles. The lowest BCUT2D eigenvalue weighted by Gasteiger charge is -2.10. The van der Waals surface area contributed by atoms with Crippen LogP contribution < -0.4 is 4.74 Å². The first-order chi connectivity index (χ1) is 9.77. The zero-order chi connectivity index (χ0) is 15.6. The predicted molar refractivity (Wildman–Crippen MR) is 75.4 cm³/mol. The molecule has 0 amide bonds. The highest BCUT2D eigenvalue weighted by Crippen LogP contribution is 2.32. The summed E-state index contributed by atoms with van der Waals surface area (Å²) >= 11 is 1.92. The van der Waals surface area contributed by atoms with Gasteiger partial charge in [0.15, 0.2) is 0 Å². The second-order valence-corrected chi connectivity index (χ2v) is 5.17. The van der Waals surface area contributed by atoms with Crippen LogP contribution in [0.5, 0.6) is 11.6 Å². The number of alkyl halides is 3. The minimum absolute atomic E-state index is 0.0743. The molecular weight excluding hydrogens is 402 g/mol. The van der Waals surface area contributed by atoms with Crippen LogP contribution in [-0.4, -0.2) is 16.1 Å². The van der Waals surface area contributed by atoms with Crippen LogP contribution >= 0.6 is 22.6 Å². The molecule has 0 unspecified atom stereocenters. The van der Waals surface area contributed by atoms with E-state index in [-0.39, 0.29) is 17.2 Å². The monoisotopic (exact) mass is 409 g/mol. The highest BCUT2D eigenvalue weighted by molar-refractivity contribution is 14.1. The number of hydrogen-bond acceptors (Lipinski definition) is 3. The number of ether oxygens (including phenoxy) is 1. The van der Waals surface area contributed by atoms with Crippen molar-refractivity contribution in [3.05, 3.63) is 51.2 Å². The average molecular weight is 409 g/mol. The fraction of sp³-hybridized carbons (Fsp3) is 0.0769. The highest BCUT2D eigenvalue weighted by atomic mass is 127. The molecule has 4 nitrogen and oxygen atoms in total. The number of carboxylic acids is 1. The fourth-order valence-electron chi connectivity index (χ4n) is 1.51. The lowest BCUT2D eigenvalue weighted by Crippen LogP contribution is -2.06. The number of pyridine rings is 1.